The highest BCUT2D eigenvalue weighted by Crippen LogP contribution is 2.29. The number of fused-ring (bicyclic) bond motifs is 1. The Bertz CT molecular complexity index is 1210. The molecule has 0 unspecified atom stereocenters. The van der Waals surface area contributed by atoms with Gasteiger partial charge in [0, 0.05) is 29.0 Å². The molecule has 0 aliphatic carbocycles. The van der Waals surface area contributed by atoms with Gasteiger partial charge in [-0.3, -0.25) is 4.68 Å². The minimum Gasteiger partial charge on any atom is -0.346 e. The lowest BCUT2D eigenvalue weighted by molar-refractivity contribution is 0.460. The minimum atomic E-state index is 0.421. The predicted octanol–water partition coefficient (Wildman–Crippen LogP) is 3.95. The molecule has 8 nitrogen and oxygen atoms in total. The van der Waals surface area contributed by atoms with E-state index in [0.29, 0.717) is 24.8 Å². The third kappa shape index (κ3) is 4.13. The molecule has 0 radical (unpaired) electrons. The first kappa shape index (κ1) is 19.3. The number of anilines is 2. The van der Waals surface area contributed by atoms with Crippen molar-refractivity contribution in [2.45, 2.75) is 31.7 Å². The van der Waals surface area contributed by atoms with Crippen molar-refractivity contribution in [3.8, 4) is 17.3 Å². The molecule has 1 aromatic carbocycles. The quantitative estimate of drug-likeness (QED) is 0.443. The van der Waals surface area contributed by atoms with Gasteiger partial charge in [-0.05, 0) is 55.6 Å². The van der Waals surface area contributed by atoms with Crippen LogP contribution in [0.15, 0.2) is 48.9 Å². The third-order valence-corrected chi connectivity index (χ3v) is 5.75. The van der Waals surface area contributed by atoms with Crippen LogP contribution in [0.25, 0.3) is 22.3 Å². The van der Waals surface area contributed by atoms with Gasteiger partial charge in [-0.15, -0.1) is 0 Å². The number of benzene rings is 1. The minimum absolute atomic E-state index is 0.421. The molecule has 8 heteroatoms. The van der Waals surface area contributed by atoms with Crippen LogP contribution in [0.5, 0.6) is 0 Å². The lowest BCUT2D eigenvalue weighted by Crippen LogP contribution is -2.26. The summed E-state index contributed by atoms with van der Waals surface area (Å²) >= 11 is 0. The number of rotatable bonds is 6. The van der Waals surface area contributed by atoms with E-state index in [-0.39, 0.29) is 0 Å². The zero-order valence-corrected chi connectivity index (χ0v) is 17.2. The summed E-state index contributed by atoms with van der Waals surface area (Å²) in [6, 6.07) is 12.7. The standard InChI is InChI=1S/C23H24N8/c24-9-1-13-31-15-18(14-27-31)21-20-8-12-26-22(20)30-23(29-21)28-19-4-2-16(3-5-19)17-6-10-25-11-7-17/h2-5,8,12,14-15,17,25H,1,6-7,10-11,13H2,(H2,26,28,29,30). The maximum absolute atomic E-state index is 8.81. The zero-order valence-electron chi connectivity index (χ0n) is 17.2. The topological polar surface area (TPSA) is 107 Å². The van der Waals surface area contributed by atoms with Crippen LogP contribution >= 0.6 is 0 Å². The Labute approximate surface area is 180 Å². The summed E-state index contributed by atoms with van der Waals surface area (Å²) in [4.78, 5) is 12.6. The van der Waals surface area contributed by atoms with Crippen LogP contribution in [0.4, 0.5) is 11.6 Å². The summed E-state index contributed by atoms with van der Waals surface area (Å²) in [5, 5.41) is 20.9. The molecule has 3 aromatic heterocycles. The number of aromatic nitrogens is 5. The van der Waals surface area contributed by atoms with Crippen molar-refractivity contribution >= 4 is 22.7 Å². The van der Waals surface area contributed by atoms with Gasteiger partial charge in [0.25, 0.3) is 0 Å². The molecule has 5 rings (SSSR count). The van der Waals surface area contributed by atoms with Gasteiger partial charge < -0.3 is 15.6 Å². The number of aryl methyl sites for hydroxylation is 1. The number of hydrogen-bond donors (Lipinski definition) is 3. The second kappa shape index (κ2) is 8.58. The van der Waals surface area contributed by atoms with Gasteiger partial charge in [0.15, 0.2) is 0 Å². The number of nitrogens with zero attached hydrogens (tertiary/aromatic N) is 5. The van der Waals surface area contributed by atoms with Crippen molar-refractivity contribution in [2.75, 3.05) is 18.4 Å². The van der Waals surface area contributed by atoms with Gasteiger partial charge in [-0.2, -0.15) is 15.3 Å². The Kier molecular flexibility index (Phi) is 5.33. The Hall–Kier alpha value is -3.70. The van der Waals surface area contributed by atoms with E-state index in [0.717, 1.165) is 41.1 Å². The van der Waals surface area contributed by atoms with Crippen LogP contribution in [-0.2, 0) is 6.54 Å². The maximum atomic E-state index is 8.81. The number of hydrogen-bond acceptors (Lipinski definition) is 6. The molecule has 1 fully saturated rings. The van der Waals surface area contributed by atoms with Crippen molar-refractivity contribution in [1.29, 1.82) is 5.26 Å². The van der Waals surface area contributed by atoms with Crippen molar-refractivity contribution < 1.29 is 0 Å². The Balaban J connectivity index is 1.40. The van der Waals surface area contributed by atoms with E-state index in [9.17, 15) is 0 Å². The van der Waals surface area contributed by atoms with Crippen molar-refractivity contribution in [3.05, 3.63) is 54.5 Å². The van der Waals surface area contributed by atoms with Gasteiger partial charge >= 0.3 is 0 Å². The molecule has 4 aromatic rings. The van der Waals surface area contributed by atoms with Gasteiger partial charge in [0.1, 0.15) is 5.65 Å². The molecule has 0 spiro atoms. The summed E-state index contributed by atoms with van der Waals surface area (Å²) in [5.41, 5.74) is 4.82. The summed E-state index contributed by atoms with van der Waals surface area (Å²) < 4.78 is 1.77. The first-order valence-corrected chi connectivity index (χ1v) is 10.6. The smallest absolute Gasteiger partial charge is 0.229 e. The van der Waals surface area contributed by atoms with E-state index in [2.05, 4.69) is 56.0 Å². The average molecular weight is 413 g/mol. The third-order valence-electron chi connectivity index (χ3n) is 5.75. The number of piperidine rings is 1. The molecule has 1 aliphatic rings. The molecule has 0 bridgehead atoms. The van der Waals surface area contributed by atoms with Crippen molar-refractivity contribution in [1.82, 2.24) is 30.0 Å². The molecule has 0 amide bonds. The van der Waals surface area contributed by atoms with Gasteiger partial charge in [-0.1, -0.05) is 12.1 Å². The first-order chi connectivity index (χ1) is 15.3. The molecule has 0 saturated carbocycles. The number of aromatic amines is 1. The predicted molar refractivity (Wildman–Crippen MR) is 120 cm³/mol. The van der Waals surface area contributed by atoms with Crippen LogP contribution in [0.2, 0.25) is 0 Å². The highest BCUT2D eigenvalue weighted by molar-refractivity contribution is 5.91. The number of H-pyrrole nitrogens is 1. The van der Waals surface area contributed by atoms with E-state index in [1.807, 2.05) is 18.5 Å². The summed E-state index contributed by atoms with van der Waals surface area (Å²) in [6.45, 7) is 2.74. The van der Waals surface area contributed by atoms with E-state index in [1.165, 1.54) is 18.4 Å². The van der Waals surface area contributed by atoms with E-state index < -0.39 is 0 Å². The van der Waals surface area contributed by atoms with E-state index >= 15 is 0 Å². The van der Waals surface area contributed by atoms with Crippen LogP contribution in [-0.4, -0.2) is 37.8 Å². The lowest BCUT2D eigenvalue weighted by atomic mass is 9.90. The fourth-order valence-electron chi connectivity index (χ4n) is 4.11. The SMILES string of the molecule is N#CCCn1cc(-c2nc(Nc3ccc(C4CCNCC4)cc3)nc3[nH]ccc23)cn1. The molecule has 0 atom stereocenters. The molecule has 156 valence electrons. The Morgan fingerprint density at radius 3 is 2.77 bits per heavy atom. The highest BCUT2D eigenvalue weighted by atomic mass is 15.3. The van der Waals surface area contributed by atoms with Crippen molar-refractivity contribution in [3.63, 3.8) is 0 Å². The molecular formula is C23H24N8. The number of nitrogens with one attached hydrogen (secondary N) is 3. The van der Waals surface area contributed by atoms with E-state index in [4.69, 9.17) is 10.2 Å². The van der Waals surface area contributed by atoms with Crippen LogP contribution in [0, 0.1) is 11.3 Å². The average Bonchev–Trinajstić information content (AvgIpc) is 3.48. The van der Waals surface area contributed by atoms with Gasteiger partial charge in [0.05, 0.1) is 30.9 Å². The number of nitriles is 1. The molecule has 1 saturated heterocycles. The largest absolute Gasteiger partial charge is 0.346 e. The second-order valence-corrected chi connectivity index (χ2v) is 7.81. The Morgan fingerprint density at radius 1 is 1.13 bits per heavy atom. The van der Waals surface area contributed by atoms with Crippen molar-refractivity contribution in [2.24, 2.45) is 0 Å². The zero-order chi connectivity index (χ0) is 21.0. The summed E-state index contributed by atoms with van der Waals surface area (Å²) in [6.07, 6.45) is 8.36. The normalized spacial score (nSPS) is 14.5. The van der Waals surface area contributed by atoms with E-state index in [1.54, 1.807) is 10.9 Å². The second-order valence-electron chi connectivity index (χ2n) is 7.81. The molecular weight excluding hydrogens is 388 g/mol. The van der Waals surface area contributed by atoms with Crippen LogP contribution in [0.3, 0.4) is 0 Å². The molecule has 31 heavy (non-hydrogen) atoms. The molecule has 4 heterocycles. The molecule has 1 aliphatic heterocycles. The first-order valence-electron chi connectivity index (χ1n) is 10.6. The summed E-state index contributed by atoms with van der Waals surface area (Å²) in [7, 11) is 0. The summed E-state index contributed by atoms with van der Waals surface area (Å²) in [5.74, 6) is 1.16. The highest BCUT2D eigenvalue weighted by Gasteiger charge is 2.16. The fraction of sp³-hybridized carbons (Fsp3) is 0.304. The fourth-order valence-corrected chi connectivity index (χ4v) is 4.11. The van der Waals surface area contributed by atoms with Gasteiger partial charge in [0.2, 0.25) is 5.95 Å². The maximum Gasteiger partial charge on any atom is 0.229 e. The van der Waals surface area contributed by atoms with Crippen LogP contribution in [0.1, 0.15) is 30.7 Å². The van der Waals surface area contributed by atoms with Gasteiger partial charge in [-0.25, -0.2) is 4.98 Å². The monoisotopic (exact) mass is 412 g/mol. The lowest BCUT2D eigenvalue weighted by Gasteiger charge is -2.23. The molecule has 3 N–H and O–H groups in total. The Morgan fingerprint density at radius 2 is 1.97 bits per heavy atom. The van der Waals surface area contributed by atoms with Crippen LogP contribution < -0.4 is 10.6 Å².